The fourth-order valence-corrected chi connectivity index (χ4v) is 2.65. The number of methoxy groups -OCH3 is 1. The van der Waals surface area contributed by atoms with E-state index in [1.807, 2.05) is 0 Å². The quantitative estimate of drug-likeness (QED) is 0.638. The second kappa shape index (κ2) is 5.11. The molecule has 0 heterocycles. The SMILES string of the molecule is COC(=O)C(NS(=O)(=O)NC1CC1)C(C)C. The number of rotatable bonds is 6. The summed E-state index contributed by atoms with van der Waals surface area (Å²) in [5, 5.41) is 0. The average molecular weight is 250 g/mol. The fraction of sp³-hybridized carbons (Fsp3) is 0.889. The van der Waals surface area contributed by atoms with Crippen molar-refractivity contribution in [2.75, 3.05) is 7.11 Å². The Labute approximate surface area is 95.9 Å². The lowest BCUT2D eigenvalue weighted by Crippen LogP contribution is -2.49. The first-order valence-corrected chi connectivity index (χ1v) is 6.71. The van der Waals surface area contributed by atoms with Crippen molar-refractivity contribution in [1.29, 1.82) is 0 Å². The highest BCUT2D eigenvalue weighted by molar-refractivity contribution is 7.87. The van der Waals surface area contributed by atoms with Gasteiger partial charge in [0, 0.05) is 6.04 Å². The topological polar surface area (TPSA) is 84.5 Å². The highest BCUT2D eigenvalue weighted by Crippen LogP contribution is 2.19. The Morgan fingerprint density at radius 3 is 2.31 bits per heavy atom. The van der Waals surface area contributed by atoms with E-state index in [9.17, 15) is 13.2 Å². The molecule has 94 valence electrons. The van der Waals surface area contributed by atoms with Gasteiger partial charge < -0.3 is 4.74 Å². The molecular weight excluding hydrogens is 232 g/mol. The molecule has 0 saturated heterocycles. The van der Waals surface area contributed by atoms with E-state index in [4.69, 9.17) is 0 Å². The van der Waals surface area contributed by atoms with Crippen LogP contribution in [0.4, 0.5) is 0 Å². The van der Waals surface area contributed by atoms with Crippen molar-refractivity contribution in [2.45, 2.75) is 38.8 Å². The molecule has 1 rings (SSSR count). The zero-order valence-electron chi connectivity index (χ0n) is 9.69. The summed E-state index contributed by atoms with van der Waals surface area (Å²) in [6, 6.07) is -0.829. The van der Waals surface area contributed by atoms with Crippen molar-refractivity contribution in [3.63, 3.8) is 0 Å². The van der Waals surface area contributed by atoms with Crippen LogP contribution in [0.15, 0.2) is 0 Å². The molecule has 0 radical (unpaired) electrons. The summed E-state index contributed by atoms with van der Waals surface area (Å²) in [6.07, 6.45) is 1.71. The van der Waals surface area contributed by atoms with Gasteiger partial charge in [0.2, 0.25) is 0 Å². The maximum Gasteiger partial charge on any atom is 0.324 e. The lowest BCUT2D eigenvalue weighted by Gasteiger charge is -2.19. The number of carbonyl (C=O) groups is 1. The molecule has 0 spiro atoms. The third kappa shape index (κ3) is 4.07. The van der Waals surface area contributed by atoms with Gasteiger partial charge >= 0.3 is 5.97 Å². The second-order valence-electron chi connectivity index (χ2n) is 4.26. The normalized spacial score (nSPS) is 18.5. The summed E-state index contributed by atoms with van der Waals surface area (Å²) >= 11 is 0. The number of hydrogen-bond donors (Lipinski definition) is 2. The minimum absolute atomic E-state index is 0.0166. The molecule has 0 aromatic heterocycles. The second-order valence-corrected chi connectivity index (χ2v) is 5.74. The molecule has 1 saturated carbocycles. The molecule has 0 aromatic rings. The van der Waals surface area contributed by atoms with Crippen molar-refractivity contribution >= 4 is 16.2 Å². The van der Waals surface area contributed by atoms with Crippen molar-refractivity contribution in [3.05, 3.63) is 0 Å². The van der Waals surface area contributed by atoms with Crippen LogP contribution >= 0.6 is 0 Å². The Morgan fingerprint density at radius 1 is 1.38 bits per heavy atom. The smallest absolute Gasteiger partial charge is 0.324 e. The van der Waals surface area contributed by atoms with Crippen LogP contribution in [0.5, 0.6) is 0 Å². The molecule has 0 aliphatic heterocycles. The molecule has 7 heteroatoms. The van der Waals surface area contributed by atoms with E-state index in [1.165, 1.54) is 7.11 Å². The van der Waals surface area contributed by atoms with E-state index in [0.29, 0.717) is 0 Å². The monoisotopic (exact) mass is 250 g/mol. The first-order valence-electron chi connectivity index (χ1n) is 5.23. The van der Waals surface area contributed by atoms with E-state index in [-0.39, 0.29) is 12.0 Å². The molecule has 16 heavy (non-hydrogen) atoms. The maximum absolute atomic E-state index is 11.6. The Kier molecular flexibility index (Phi) is 4.28. The van der Waals surface area contributed by atoms with Gasteiger partial charge in [-0.15, -0.1) is 0 Å². The van der Waals surface area contributed by atoms with E-state index in [0.717, 1.165) is 12.8 Å². The van der Waals surface area contributed by atoms with E-state index in [2.05, 4.69) is 14.2 Å². The van der Waals surface area contributed by atoms with Gasteiger partial charge in [-0.3, -0.25) is 4.79 Å². The summed E-state index contributed by atoms with van der Waals surface area (Å²) in [7, 11) is -2.38. The van der Waals surface area contributed by atoms with Crippen LogP contribution in [-0.4, -0.2) is 33.6 Å². The van der Waals surface area contributed by atoms with Gasteiger partial charge in [-0.25, -0.2) is 0 Å². The summed E-state index contributed by atoms with van der Waals surface area (Å²) in [5.41, 5.74) is 0. The molecular formula is C9H18N2O4S. The van der Waals surface area contributed by atoms with Crippen molar-refractivity contribution in [2.24, 2.45) is 5.92 Å². The van der Waals surface area contributed by atoms with E-state index < -0.39 is 22.2 Å². The van der Waals surface area contributed by atoms with Gasteiger partial charge in [0.05, 0.1) is 7.11 Å². The number of ether oxygens (including phenoxy) is 1. The van der Waals surface area contributed by atoms with Crippen LogP contribution < -0.4 is 9.44 Å². The largest absolute Gasteiger partial charge is 0.468 e. The Bertz CT molecular complexity index is 349. The third-order valence-corrected chi connectivity index (χ3v) is 3.51. The molecule has 1 atom stereocenters. The standard InChI is InChI=1S/C9H18N2O4S/c1-6(2)8(9(12)15-3)11-16(13,14)10-7-4-5-7/h6-8,10-11H,4-5H2,1-3H3. The molecule has 0 bridgehead atoms. The fourth-order valence-electron chi connectivity index (χ4n) is 1.21. The Balaban J connectivity index is 2.62. The third-order valence-electron chi connectivity index (χ3n) is 2.30. The van der Waals surface area contributed by atoms with Crippen LogP contribution in [0, 0.1) is 5.92 Å². The molecule has 2 N–H and O–H groups in total. The van der Waals surface area contributed by atoms with Gasteiger partial charge in [0.25, 0.3) is 10.2 Å². The van der Waals surface area contributed by atoms with Gasteiger partial charge in [-0.2, -0.15) is 17.9 Å². The van der Waals surface area contributed by atoms with Gasteiger partial charge in [0.15, 0.2) is 0 Å². The summed E-state index contributed by atoms with van der Waals surface area (Å²) < 4.78 is 32.5. The molecule has 0 amide bonds. The maximum atomic E-state index is 11.6. The van der Waals surface area contributed by atoms with Gasteiger partial charge in [0.1, 0.15) is 6.04 Å². The van der Waals surface area contributed by atoms with Crippen molar-refractivity contribution in [1.82, 2.24) is 9.44 Å². The highest BCUT2D eigenvalue weighted by atomic mass is 32.2. The first-order chi connectivity index (χ1) is 7.35. The average Bonchev–Trinajstić information content (AvgIpc) is 2.95. The van der Waals surface area contributed by atoms with E-state index >= 15 is 0 Å². The zero-order chi connectivity index (χ0) is 12.3. The Hall–Kier alpha value is -0.660. The lowest BCUT2D eigenvalue weighted by molar-refractivity contribution is -0.143. The Morgan fingerprint density at radius 2 is 1.94 bits per heavy atom. The summed E-state index contributed by atoms with van der Waals surface area (Å²) in [5.74, 6) is -0.737. The molecule has 6 nitrogen and oxygen atoms in total. The van der Waals surface area contributed by atoms with Crippen LogP contribution in [0.25, 0.3) is 0 Å². The molecule has 1 aliphatic rings. The molecule has 1 fully saturated rings. The first kappa shape index (κ1) is 13.4. The number of carbonyl (C=O) groups excluding carboxylic acids is 1. The van der Waals surface area contributed by atoms with Gasteiger partial charge in [-0.1, -0.05) is 13.8 Å². The minimum atomic E-state index is -3.62. The molecule has 1 unspecified atom stereocenters. The van der Waals surface area contributed by atoms with Crippen LogP contribution in [0.2, 0.25) is 0 Å². The number of hydrogen-bond acceptors (Lipinski definition) is 4. The number of esters is 1. The van der Waals surface area contributed by atoms with Gasteiger partial charge in [-0.05, 0) is 18.8 Å². The predicted molar refractivity (Wildman–Crippen MR) is 58.9 cm³/mol. The zero-order valence-corrected chi connectivity index (χ0v) is 10.5. The van der Waals surface area contributed by atoms with Crippen molar-refractivity contribution < 1.29 is 17.9 Å². The van der Waals surface area contributed by atoms with E-state index in [1.54, 1.807) is 13.8 Å². The van der Waals surface area contributed by atoms with Crippen molar-refractivity contribution in [3.8, 4) is 0 Å². The molecule has 1 aliphatic carbocycles. The summed E-state index contributed by atoms with van der Waals surface area (Å²) in [4.78, 5) is 11.4. The van der Waals surface area contributed by atoms with Crippen LogP contribution in [-0.2, 0) is 19.7 Å². The summed E-state index contributed by atoms with van der Waals surface area (Å²) in [6.45, 7) is 3.50. The minimum Gasteiger partial charge on any atom is -0.468 e. The van der Waals surface area contributed by atoms with Crippen LogP contribution in [0.3, 0.4) is 0 Å². The number of nitrogens with one attached hydrogen (secondary N) is 2. The highest BCUT2D eigenvalue weighted by Gasteiger charge is 2.32. The predicted octanol–water partition coefficient (Wildman–Crippen LogP) is -0.230. The van der Waals surface area contributed by atoms with Crippen LogP contribution in [0.1, 0.15) is 26.7 Å². The lowest BCUT2D eigenvalue weighted by atomic mass is 10.1. The molecule has 0 aromatic carbocycles.